The van der Waals surface area contributed by atoms with Crippen molar-refractivity contribution in [1.82, 2.24) is 5.48 Å². The van der Waals surface area contributed by atoms with E-state index in [2.05, 4.69) is 10.8 Å². The molecule has 3 rings (SSSR count). The van der Waals surface area contributed by atoms with E-state index in [0.717, 1.165) is 17.7 Å². The lowest BCUT2D eigenvalue weighted by molar-refractivity contribution is 0.0234. The molecule has 0 atom stereocenters. The van der Waals surface area contributed by atoms with E-state index >= 15 is 0 Å². The number of carbonyl (C=O) groups excluding carboxylic acids is 1. The van der Waals surface area contributed by atoms with E-state index in [0.29, 0.717) is 0 Å². The van der Waals surface area contributed by atoms with Crippen LogP contribution in [0, 0.1) is 17.5 Å². The fourth-order valence-corrected chi connectivity index (χ4v) is 2.36. The molecule has 2 N–H and O–H groups in total. The van der Waals surface area contributed by atoms with Crippen LogP contribution in [0.1, 0.15) is 15.9 Å². The second-order valence-corrected chi connectivity index (χ2v) is 5.62. The third-order valence-corrected chi connectivity index (χ3v) is 3.69. The molecule has 0 bridgehead atoms. The van der Waals surface area contributed by atoms with Crippen LogP contribution in [0.4, 0.5) is 24.5 Å². The molecule has 3 aromatic carbocycles. The number of hydrogen-bond donors (Lipinski definition) is 2. The topological polar surface area (TPSA) is 50.4 Å². The quantitative estimate of drug-likeness (QED) is 0.616. The summed E-state index contributed by atoms with van der Waals surface area (Å²) in [6.45, 7) is 0.0896. The molecule has 4 nitrogen and oxygen atoms in total. The Balaban J connectivity index is 1.78. The smallest absolute Gasteiger partial charge is 0.277 e. The molecule has 138 valence electrons. The van der Waals surface area contributed by atoms with E-state index in [1.807, 2.05) is 18.2 Å². The maximum Gasteiger partial charge on any atom is 0.277 e. The number of rotatable bonds is 6. The predicted molar refractivity (Wildman–Crippen MR) is 94.7 cm³/mol. The van der Waals surface area contributed by atoms with E-state index in [1.165, 1.54) is 18.2 Å². The molecule has 0 aliphatic rings. The van der Waals surface area contributed by atoms with Crippen molar-refractivity contribution in [3.63, 3.8) is 0 Å². The van der Waals surface area contributed by atoms with Crippen molar-refractivity contribution in [2.75, 3.05) is 5.32 Å². The highest BCUT2D eigenvalue weighted by Gasteiger charge is 2.17. The molecule has 0 unspecified atom stereocenters. The zero-order valence-corrected chi connectivity index (χ0v) is 14.0. The number of para-hydroxylation sites is 1. The summed E-state index contributed by atoms with van der Waals surface area (Å²) in [5.41, 5.74) is 2.67. The Morgan fingerprint density at radius 3 is 2.22 bits per heavy atom. The lowest BCUT2D eigenvalue weighted by Gasteiger charge is -2.13. The first kappa shape index (κ1) is 18.5. The number of hydroxylamine groups is 1. The fraction of sp³-hybridized carbons (Fsp3) is 0.0500. The highest BCUT2D eigenvalue weighted by atomic mass is 19.2. The van der Waals surface area contributed by atoms with Gasteiger partial charge >= 0.3 is 0 Å². The second kappa shape index (κ2) is 8.37. The minimum atomic E-state index is -1.21. The first-order valence-corrected chi connectivity index (χ1v) is 8.01. The summed E-state index contributed by atoms with van der Waals surface area (Å²) in [5.74, 6) is -3.78. The molecule has 7 heteroatoms. The Kier molecular flexibility index (Phi) is 5.73. The Labute approximate surface area is 153 Å². The maximum absolute atomic E-state index is 13.8. The molecule has 0 fully saturated rings. The van der Waals surface area contributed by atoms with Gasteiger partial charge in [-0.3, -0.25) is 9.63 Å². The van der Waals surface area contributed by atoms with Crippen LogP contribution >= 0.6 is 0 Å². The monoisotopic (exact) mass is 372 g/mol. The third-order valence-electron chi connectivity index (χ3n) is 3.69. The SMILES string of the molecule is O=C(NOCc1ccccc1)c1cc(F)c(F)cc1Nc1ccccc1F. The minimum absolute atomic E-state index is 0.0164. The Morgan fingerprint density at radius 2 is 1.48 bits per heavy atom. The summed E-state index contributed by atoms with van der Waals surface area (Å²) < 4.78 is 41.1. The van der Waals surface area contributed by atoms with E-state index in [9.17, 15) is 18.0 Å². The van der Waals surface area contributed by atoms with Crippen molar-refractivity contribution in [3.8, 4) is 0 Å². The molecule has 1 amide bonds. The van der Waals surface area contributed by atoms with Crippen molar-refractivity contribution >= 4 is 17.3 Å². The molecule has 0 heterocycles. The summed E-state index contributed by atoms with van der Waals surface area (Å²) >= 11 is 0. The molecule has 0 aliphatic carbocycles. The van der Waals surface area contributed by atoms with Crippen molar-refractivity contribution in [2.45, 2.75) is 6.61 Å². The Bertz CT molecular complexity index is 949. The van der Waals surface area contributed by atoms with Gasteiger partial charge in [-0.1, -0.05) is 42.5 Å². The minimum Gasteiger partial charge on any atom is -0.352 e. The number of benzene rings is 3. The second-order valence-electron chi connectivity index (χ2n) is 5.62. The van der Waals surface area contributed by atoms with Gasteiger partial charge in [-0.05, 0) is 23.8 Å². The van der Waals surface area contributed by atoms with Gasteiger partial charge in [-0.15, -0.1) is 0 Å². The molecule has 0 saturated carbocycles. The molecule has 0 aromatic heterocycles. The largest absolute Gasteiger partial charge is 0.352 e. The van der Waals surface area contributed by atoms with Gasteiger partial charge < -0.3 is 5.32 Å². The van der Waals surface area contributed by atoms with Crippen LogP contribution in [0.2, 0.25) is 0 Å². The van der Waals surface area contributed by atoms with Gasteiger partial charge in [0.15, 0.2) is 11.6 Å². The van der Waals surface area contributed by atoms with Crippen LogP contribution in [0.15, 0.2) is 66.7 Å². The Morgan fingerprint density at radius 1 is 0.815 bits per heavy atom. The van der Waals surface area contributed by atoms with E-state index in [4.69, 9.17) is 4.84 Å². The van der Waals surface area contributed by atoms with Crippen molar-refractivity contribution in [1.29, 1.82) is 0 Å². The molecule has 27 heavy (non-hydrogen) atoms. The van der Waals surface area contributed by atoms with Crippen molar-refractivity contribution in [2.24, 2.45) is 0 Å². The summed E-state index contributed by atoms with van der Waals surface area (Å²) in [6, 6.07) is 16.2. The number of halogens is 3. The summed E-state index contributed by atoms with van der Waals surface area (Å²) in [6.07, 6.45) is 0. The van der Waals surface area contributed by atoms with E-state index in [1.54, 1.807) is 18.2 Å². The molecule has 0 spiro atoms. The molecule has 0 radical (unpaired) electrons. The summed E-state index contributed by atoms with van der Waals surface area (Å²) in [4.78, 5) is 17.5. The first-order chi connectivity index (χ1) is 13.0. The van der Waals surface area contributed by atoms with Crippen molar-refractivity contribution in [3.05, 3.63) is 95.3 Å². The zero-order chi connectivity index (χ0) is 19.2. The molecule has 0 aliphatic heterocycles. The van der Waals surface area contributed by atoms with Gasteiger partial charge in [-0.25, -0.2) is 18.7 Å². The van der Waals surface area contributed by atoms with Gasteiger partial charge in [0, 0.05) is 6.07 Å². The van der Waals surface area contributed by atoms with Crippen LogP contribution < -0.4 is 10.8 Å². The van der Waals surface area contributed by atoms with Gasteiger partial charge in [0.05, 0.1) is 23.5 Å². The highest BCUT2D eigenvalue weighted by Crippen LogP contribution is 2.25. The van der Waals surface area contributed by atoms with Gasteiger partial charge in [0.2, 0.25) is 0 Å². The maximum atomic E-state index is 13.8. The average molecular weight is 372 g/mol. The fourth-order valence-electron chi connectivity index (χ4n) is 2.36. The van der Waals surface area contributed by atoms with Crippen LogP contribution in [0.5, 0.6) is 0 Å². The molecule has 0 saturated heterocycles. The van der Waals surface area contributed by atoms with Crippen molar-refractivity contribution < 1.29 is 22.8 Å². The zero-order valence-electron chi connectivity index (χ0n) is 14.0. The molecular weight excluding hydrogens is 357 g/mol. The standard InChI is InChI=1S/C20H15F3N2O2/c21-15-8-4-5-9-18(15)24-19-11-17(23)16(22)10-14(19)20(26)25-27-12-13-6-2-1-3-7-13/h1-11,24H,12H2,(H,25,26). The van der Waals surface area contributed by atoms with Gasteiger partial charge in [-0.2, -0.15) is 0 Å². The third kappa shape index (κ3) is 4.65. The molecular formula is C20H15F3N2O2. The van der Waals surface area contributed by atoms with Gasteiger partial charge in [0.1, 0.15) is 5.82 Å². The number of amides is 1. The number of nitrogens with one attached hydrogen (secondary N) is 2. The lowest BCUT2D eigenvalue weighted by Crippen LogP contribution is -2.24. The van der Waals surface area contributed by atoms with Crippen LogP contribution in [-0.4, -0.2) is 5.91 Å². The number of anilines is 2. The first-order valence-electron chi connectivity index (χ1n) is 8.01. The highest BCUT2D eigenvalue weighted by molar-refractivity contribution is 5.99. The molecule has 3 aromatic rings. The summed E-state index contributed by atoms with van der Waals surface area (Å²) in [7, 11) is 0. The van der Waals surface area contributed by atoms with E-state index < -0.39 is 23.4 Å². The lowest BCUT2D eigenvalue weighted by atomic mass is 10.1. The number of hydrogen-bond acceptors (Lipinski definition) is 3. The predicted octanol–water partition coefficient (Wildman–Crippen LogP) is 4.71. The summed E-state index contributed by atoms with van der Waals surface area (Å²) in [5, 5.41) is 2.60. The van der Waals surface area contributed by atoms with E-state index in [-0.39, 0.29) is 23.5 Å². The van der Waals surface area contributed by atoms with Crippen LogP contribution in [0.3, 0.4) is 0 Å². The van der Waals surface area contributed by atoms with Crippen LogP contribution in [0.25, 0.3) is 0 Å². The average Bonchev–Trinajstić information content (AvgIpc) is 2.67. The Hall–Kier alpha value is -3.32. The number of carbonyl (C=O) groups is 1. The van der Waals surface area contributed by atoms with Crippen LogP contribution in [-0.2, 0) is 11.4 Å². The van der Waals surface area contributed by atoms with Gasteiger partial charge in [0.25, 0.3) is 5.91 Å². The normalized spacial score (nSPS) is 10.5.